The summed E-state index contributed by atoms with van der Waals surface area (Å²) in [5.74, 6) is 3.94. The normalized spacial score (nSPS) is 21.2. The second-order valence-corrected chi connectivity index (χ2v) is 32.3. The van der Waals surface area contributed by atoms with Crippen LogP contribution in [0.25, 0.3) is 0 Å². The molecule has 7 heterocycles. The molecule has 7 aliphatic rings. The van der Waals surface area contributed by atoms with Gasteiger partial charge in [-0.1, -0.05) is 0 Å². The number of carbonyl (C=O) groups excluding carboxylic acids is 7. The number of hydrogen-bond acceptors (Lipinski definition) is 44. The minimum Gasteiger partial charge on any atom is -0.487 e. The van der Waals surface area contributed by atoms with Gasteiger partial charge in [-0.3, -0.25) is 33.6 Å². The fourth-order valence-corrected chi connectivity index (χ4v) is 12.4. The van der Waals surface area contributed by atoms with Crippen LogP contribution in [0.15, 0.2) is 72.8 Å². The van der Waals surface area contributed by atoms with Crippen molar-refractivity contribution in [1.82, 2.24) is 0 Å². The number of halogens is 7. The topological polar surface area (TPSA) is 461 Å². The second-order valence-electron chi connectivity index (χ2n) is 29.8. The van der Waals surface area contributed by atoms with E-state index in [0.29, 0.717) is 458 Å². The quantitative estimate of drug-likeness (QED) is 0.157. The first-order valence-corrected chi connectivity index (χ1v) is 51.0. The SMILES string of the molecule is O=C(Cl)C1COCCOCCOCCO1.O=C(Cl)C1COCCOCCOCCOCCO1.O=C(Cl)C1COCCOCCOCCOCCOCCO1.O=C(Cl)c1ccc2c(c1)OCCOCCOCCO2.O=C(Cl)c1ccc2c(c1)OCCOCCOCCOCCO2.O=C(Cl)c1ccc2c(c1)OCCOCCOCCOCCOCCO2.O=C(Cl)c1ccc2c(c1)OCCOCCOCCOCCOCCOCCO2. The highest BCUT2D eigenvalue weighted by molar-refractivity contribution is 6.69. The summed E-state index contributed by atoms with van der Waals surface area (Å²) in [6.45, 7) is 27.2. The van der Waals surface area contributed by atoms with Crippen LogP contribution in [0.5, 0.6) is 46.0 Å². The molecule has 51 heteroatoms. The van der Waals surface area contributed by atoms with Gasteiger partial charge in [-0.25, -0.2) is 0 Å². The van der Waals surface area contributed by atoms with E-state index in [1.54, 1.807) is 72.8 Å². The summed E-state index contributed by atoms with van der Waals surface area (Å²) >= 11 is 38.2. The highest BCUT2D eigenvalue weighted by atomic mass is 35.5. The fraction of sp³-hybridized carbons (Fsp3) is 0.680. The lowest BCUT2D eigenvalue weighted by Gasteiger charge is -2.15. The van der Waals surface area contributed by atoms with Crippen molar-refractivity contribution in [3.8, 4) is 46.0 Å². The zero-order chi connectivity index (χ0) is 106. The van der Waals surface area contributed by atoms with Gasteiger partial charge in [0.15, 0.2) is 64.3 Å². The largest absolute Gasteiger partial charge is 0.487 e. The van der Waals surface area contributed by atoms with Gasteiger partial charge in [-0.05, 0) is 154 Å². The molecule has 0 aliphatic carbocycles. The summed E-state index contributed by atoms with van der Waals surface area (Å²) in [5.41, 5.74) is 1.40. The van der Waals surface area contributed by atoms with Crippen LogP contribution in [-0.4, -0.2) is 471 Å². The van der Waals surface area contributed by atoms with Gasteiger partial charge in [-0.15, -0.1) is 0 Å². The monoisotopic (exact) mass is 2250 g/mol. The van der Waals surface area contributed by atoms with E-state index in [9.17, 15) is 33.6 Å². The maximum Gasteiger partial charge on any atom is 0.252 e. The van der Waals surface area contributed by atoms with Crippen LogP contribution < -0.4 is 37.9 Å². The molecule has 3 saturated heterocycles. The molecule has 4 aromatic rings. The average molecular weight is 2260 g/mol. The third kappa shape index (κ3) is 71.0. The number of carbonyl (C=O) groups is 7. The van der Waals surface area contributed by atoms with Crippen LogP contribution in [0.2, 0.25) is 0 Å². The molecule has 0 bridgehead atoms. The lowest BCUT2D eigenvalue weighted by molar-refractivity contribution is -0.130. The van der Waals surface area contributed by atoms with Crippen molar-refractivity contribution in [2.75, 3.05) is 416 Å². The predicted molar refractivity (Wildman–Crippen MR) is 534 cm³/mol. The van der Waals surface area contributed by atoms with Gasteiger partial charge in [0.2, 0.25) is 0 Å². The Morgan fingerprint density at radius 2 is 0.264 bits per heavy atom. The molecule has 7 aliphatic heterocycles. The van der Waals surface area contributed by atoms with Gasteiger partial charge in [0, 0.05) is 22.3 Å². The van der Waals surface area contributed by atoms with Crippen molar-refractivity contribution >= 4 is 118 Å². The van der Waals surface area contributed by atoms with Crippen molar-refractivity contribution in [2.45, 2.75) is 18.3 Å². The van der Waals surface area contributed by atoms with Gasteiger partial charge in [-0.2, -0.15) is 0 Å². The second kappa shape index (κ2) is 93.3. The number of fused-ring (bicyclic) bond motifs is 4. The van der Waals surface area contributed by atoms with Crippen molar-refractivity contribution < 1.29 is 209 Å². The number of benzene rings is 4. The summed E-state index contributed by atoms with van der Waals surface area (Å²) in [7, 11) is 0. The lowest BCUT2D eigenvalue weighted by atomic mass is 10.2. The molecule has 0 saturated carbocycles. The average Bonchev–Trinajstić information content (AvgIpc) is 0.884. The Morgan fingerprint density at radius 1 is 0.149 bits per heavy atom. The summed E-state index contributed by atoms with van der Waals surface area (Å²) < 4.78 is 199. The van der Waals surface area contributed by atoms with Crippen LogP contribution in [0.3, 0.4) is 0 Å². The molecule has 0 N–H and O–H groups in total. The predicted octanol–water partition coefficient (Wildman–Crippen LogP) is 8.23. The van der Waals surface area contributed by atoms with Crippen molar-refractivity contribution in [3.05, 3.63) is 95.1 Å². The molecule has 148 heavy (non-hydrogen) atoms. The molecule has 3 unspecified atom stereocenters. The molecule has 0 amide bonds. The van der Waals surface area contributed by atoms with Gasteiger partial charge >= 0.3 is 0 Å². The standard InChI is InChI=1S/C19H27ClO8.C17H23ClO7.C15H19ClO6.C13H23ClO7.C13H15ClO5.C11H19ClO6.C9H15ClO5/c20-19(21)16-1-2-17-18(15-16)28-14-12-26-10-8-24-6-4-22-3-5-23-7-9-25-11-13-27-17;18-17(19)14-1-2-15-16(13-14)25-12-10-23-8-6-21-4-3-20-5-7-22-9-11-24-15;16-15(17)12-1-2-13-14(11-12)22-10-8-20-6-4-18-3-5-19-7-9-21-13;14-13(15)12-11-20-8-7-18-4-3-16-1-2-17-5-6-19-9-10-21-12;14-13(15)10-1-2-11-12(9-10)19-8-6-17-4-3-16-5-7-18-11;12-11(13)10-9-17-6-5-15-2-1-14-3-4-16-7-8-18-10;10-9(11)8-7-14-4-3-12-1-2-13-5-6-15-8/h1-2,15H,3-14H2;1-2,13H,3-12H2;1-2,11H,3-10H2;12H,1-11H2;1-2,9H,3-8H2;10H,1-9H2;8H,1-7H2. The highest BCUT2D eigenvalue weighted by Crippen LogP contribution is 2.33. The van der Waals surface area contributed by atoms with Crippen LogP contribution in [0.4, 0.5) is 0 Å². The number of rotatable bonds is 7. The van der Waals surface area contributed by atoms with E-state index in [1.165, 1.54) is 0 Å². The van der Waals surface area contributed by atoms with Gasteiger partial charge in [0.05, 0.1) is 363 Å². The summed E-state index contributed by atoms with van der Waals surface area (Å²) in [6.07, 6.45) is -2.25. The molecule has 3 atom stereocenters. The zero-order valence-corrected chi connectivity index (χ0v) is 88.6. The summed E-state index contributed by atoms with van der Waals surface area (Å²) in [4.78, 5) is 78.2. The zero-order valence-electron chi connectivity index (χ0n) is 83.3. The van der Waals surface area contributed by atoms with Crippen molar-refractivity contribution in [3.63, 3.8) is 0 Å². The fourth-order valence-electron chi connectivity index (χ4n) is 11.6. The Balaban J connectivity index is 0.000000306. The maximum atomic E-state index is 11.4. The summed E-state index contributed by atoms with van der Waals surface area (Å²) in [6, 6.07) is 19.2. The van der Waals surface area contributed by atoms with E-state index in [4.69, 9.17) is 256 Å². The van der Waals surface area contributed by atoms with Crippen LogP contribution >= 0.6 is 81.2 Å². The Labute approximate surface area is 897 Å². The van der Waals surface area contributed by atoms with E-state index >= 15 is 0 Å². The van der Waals surface area contributed by atoms with Gasteiger partial charge in [0.25, 0.3) is 36.7 Å². The van der Waals surface area contributed by atoms with E-state index in [2.05, 4.69) is 0 Å². The van der Waals surface area contributed by atoms with Crippen molar-refractivity contribution in [2.24, 2.45) is 0 Å². The van der Waals surface area contributed by atoms with Crippen LogP contribution in [-0.2, 0) is 152 Å². The van der Waals surface area contributed by atoms with E-state index in [1.807, 2.05) is 0 Å². The molecule has 0 radical (unpaired) electrons. The highest BCUT2D eigenvalue weighted by Gasteiger charge is 2.23. The van der Waals surface area contributed by atoms with Crippen LogP contribution in [0, 0.1) is 0 Å². The number of ether oxygens (including phenoxy) is 37. The Morgan fingerprint density at radius 3 is 0.392 bits per heavy atom. The van der Waals surface area contributed by atoms with Crippen LogP contribution in [0.1, 0.15) is 41.4 Å². The minimum absolute atomic E-state index is 0.102. The van der Waals surface area contributed by atoms with E-state index in [-0.39, 0.29) is 26.4 Å². The maximum absolute atomic E-state index is 11.4. The van der Waals surface area contributed by atoms with E-state index in [0.717, 1.165) is 0 Å². The minimum atomic E-state index is -0.784. The molecule has 4 aromatic carbocycles. The number of hydrogen-bond donors (Lipinski definition) is 0. The first kappa shape index (κ1) is 132. The third-order valence-corrected chi connectivity index (χ3v) is 20.4. The van der Waals surface area contributed by atoms with Gasteiger partial charge < -0.3 is 175 Å². The Bertz CT molecular complexity index is 4000. The first-order valence-electron chi connectivity index (χ1n) is 48.3. The first-order chi connectivity index (χ1) is 72.5. The smallest absolute Gasteiger partial charge is 0.252 e. The Hall–Kier alpha value is -6.16. The molecular weight excluding hydrogens is 2120 g/mol. The molecule has 3 fully saturated rings. The van der Waals surface area contributed by atoms with Crippen molar-refractivity contribution in [1.29, 1.82) is 0 Å². The lowest BCUT2D eigenvalue weighted by Crippen LogP contribution is -2.29. The molecule has 0 aromatic heterocycles. The molecule has 44 nitrogen and oxygen atoms in total. The molecule has 842 valence electrons. The third-order valence-electron chi connectivity index (χ3n) is 18.8. The summed E-state index contributed by atoms with van der Waals surface area (Å²) in [5, 5.41) is -3.88. The Kier molecular flexibility index (Phi) is 83.4. The van der Waals surface area contributed by atoms with Gasteiger partial charge in [0.1, 0.15) is 52.9 Å². The molecular formula is C97H141Cl7O44. The molecule has 11 rings (SSSR count). The van der Waals surface area contributed by atoms with E-state index < -0.39 is 55.0 Å². The molecule has 0 spiro atoms.